The third-order valence-corrected chi connectivity index (χ3v) is 4.74. The molecule has 0 aromatic carbocycles. The average Bonchev–Trinajstić information content (AvgIpc) is 2.88. The van der Waals surface area contributed by atoms with Gasteiger partial charge in [-0.05, 0) is 29.6 Å². The van der Waals surface area contributed by atoms with E-state index < -0.39 is 0 Å². The van der Waals surface area contributed by atoms with Gasteiger partial charge in [-0.25, -0.2) is 0 Å². The Morgan fingerprint density at radius 2 is 1.71 bits per heavy atom. The van der Waals surface area contributed by atoms with E-state index in [0.717, 1.165) is 6.42 Å². The molecule has 2 rings (SSSR count). The van der Waals surface area contributed by atoms with Crippen LogP contribution in [0, 0.1) is 28.6 Å². The number of hydrogen-bond donors (Lipinski definition) is 0. The molecule has 0 amide bonds. The predicted octanol–water partition coefficient (Wildman–Crippen LogP) is 2.48. The molecule has 80 valence electrons. The molecule has 0 spiro atoms. The molecule has 0 aliphatic heterocycles. The zero-order valence-electron chi connectivity index (χ0n) is 9.76. The van der Waals surface area contributed by atoms with Gasteiger partial charge < -0.3 is 4.74 Å². The van der Waals surface area contributed by atoms with Crippen LogP contribution in [-0.4, -0.2) is 13.1 Å². The molecule has 3 atom stereocenters. The SMILES string of the molecule is COC(=O)C1(C2C(C)C2C)CC1(C)C. The average molecular weight is 196 g/mol. The number of carbonyl (C=O) groups is 1. The van der Waals surface area contributed by atoms with Gasteiger partial charge in [-0.2, -0.15) is 0 Å². The quantitative estimate of drug-likeness (QED) is 0.634. The van der Waals surface area contributed by atoms with Crippen LogP contribution in [0.4, 0.5) is 0 Å². The van der Waals surface area contributed by atoms with Gasteiger partial charge in [-0.3, -0.25) is 4.79 Å². The Balaban J connectivity index is 2.24. The Hall–Kier alpha value is -0.530. The largest absolute Gasteiger partial charge is 0.469 e. The molecule has 0 aromatic rings. The third-order valence-electron chi connectivity index (χ3n) is 4.74. The van der Waals surface area contributed by atoms with Crippen molar-refractivity contribution in [2.45, 2.75) is 34.1 Å². The lowest BCUT2D eigenvalue weighted by Gasteiger charge is -2.18. The van der Waals surface area contributed by atoms with Crippen molar-refractivity contribution in [3.63, 3.8) is 0 Å². The fourth-order valence-corrected chi connectivity index (χ4v) is 3.45. The Kier molecular flexibility index (Phi) is 1.81. The molecule has 14 heavy (non-hydrogen) atoms. The molecule has 0 heterocycles. The zero-order chi connectivity index (χ0) is 10.7. The predicted molar refractivity (Wildman–Crippen MR) is 54.7 cm³/mol. The van der Waals surface area contributed by atoms with Crippen LogP contribution < -0.4 is 0 Å². The lowest BCUT2D eigenvalue weighted by molar-refractivity contribution is -0.150. The lowest BCUT2D eigenvalue weighted by atomic mass is 9.89. The first kappa shape index (κ1) is 10.0. The van der Waals surface area contributed by atoms with E-state index in [9.17, 15) is 4.79 Å². The van der Waals surface area contributed by atoms with E-state index in [1.807, 2.05) is 0 Å². The van der Waals surface area contributed by atoms with Crippen LogP contribution in [-0.2, 0) is 9.53 Å². The second-order valence-electron chi connectivity index (χ2n) is 5.77. The van der Waals surface area contributed by atoms with Gasteiger partial charge in [0.05, 0.1) is 12.5 Å². The van der Waals surface area contributed by atoms with Crippen LogP contribution in [0.5, 0.6) is 0 Å². The number of ether oxygens (including phenoxy) is 1. The van der Waals surface area contributed by atoms with Crippen molar-refractivity contribution in [2.24, 2.45) is 28.6 Å². The Morgan fingerprint density at radius 1 is 1.29 bits per heavy atom. The molecule has 2 fully saturated rings. The molecule has 0 N–H and O–H groups in total. The molecule has 2 heteroatoms. The maximum absolute atomic E-state index is 11.9. The van der Waals surface area contributed by atoms with Crippen molar-refractivity contribution in [1.29, 1.82) is 0 Å². The van der Waals surface area contributed by atoms with Gasteiger partial charge in [0.25, 0.3) is 0 Å². The summed E-state index contributed by atoms with van der Waals surface area (Å²) in [7, 11) is 1.51. The van der Waals surface area contributed by atoms with Crippen molar-refractivity contribution in [3.05, 3.63) is 0 Å². The van der Waals surface area contributed by atoms with Crippen LogP contribution in [0.15, 0.2) is 0 Å². The molecule has 2 aliphatic carbocycles. The Bertz CT molecular complexity index is 274. The summed E-state index contributed by atoms with van der Waals surface area (Å²) >= 11 is 0. The highest BCUT2D eigenvalue weighted by Gasteiger charge is 2.76. The number of hydrogen-bond acceptors (Lipinski definition) is 2. The van der Waals surface area contributed by atoms with E-state index in [1.54, 1.807) is 0 Å². The van der Waals surface area contributed by atoms with Crippen LogP contribution >= 0.6 is 0 Å². The minimum absolute atomic E-state index is 0.0173. The molecule has 2 nitrogen and oxygen atoms in total. The van der Waals surface area contributed by atoms with Crippen LogP contribution in [0.2, 0.25) is 0 Å². The highest BCUT2D eigenvalue weighted by Crippen LogP contribution is 2.76. The summed E-state index contributed by atoms with van der Waals surface area (Å²) < 4.78 is 4.97. The fraction of sp³-hybridized carbons (Fsp3) is 0.917. The first-order valence-corrected chi connectivity index (χ1v) is 5.47. The van der Waals surface area contributed by atoms with Crippen LogP contribution in [0.1, 0.15) is 34.1 Å². The van der Waals surface area contributed by atoms with Gasteiger partial charge in [-0.15, -0.1) is 0 Å². The van der Waals surface area contributed by atoms with Gasteiger partial charge in [0.2, 0.25) is 0 Å². The van der Waals surface area contributed by atoms with Crippen molar-refractivity contribution in [3.8, 4) is 0 Å². The van der Waals surface area contributed by atoms with E-state index in [-0.39, 0.29) is 16.8 Å². The summed E-state index contributed by atoms with van der Waals surface area (Å²) in [5.41, 5.74) is 0.00433. The van der Waals surface area contributed by atoms with Crippen molar-refractivity contribution in [2.75, 3.05) is 7.11 Å². The van der Waals surface area contributed by atoms with Gasteiger partial charge in [0.1, 0.15) is 0 Å². The second kappa shape index (κ2) is 2.53. The second-order valence-corrected chi connectivity index (χ2v) is 5.77. The highest BCUT2D eigenvalue weighted by atomic mass is 16.5. The van der Waals surface area contributed by atoms with Crippen LogP contribution in [0.25, 0.3) is 0 Å². The number of esters is 1. The smallest absolute Gasteiger partial charge is 0.312 e. The standard InChI is InChI=1S/C12H20O2/c1-7-8(2)9(7)12(10(13)14-5)6-11(12,3)4/h7-9H,6H2,1-5H3. The summed E-state index contributed by atoms with van der Waals surface area (Å²) in [5, 5.41) is 0. The molecule has 0 saturated heterocycles. The Morgan fingerprint density at radius 3 is 1.93 bits per heavy atom. The number of carbonyl (C=O) groups excluding carboxylic acids is 1. The molecule has 0 radical (unpaired) electrons. The van der Waals surface area contributed by atoms with Gasteiger partial charge in [0.15, 0.2) is 0 Å². The Labute approximate surface area is 86.0 Å². The molecule has 3 unspecified atom stereocenters. The molecule has 0 aromatic heterocycles. The maximum Gasteiger partial charge on any atom is 0.312 e. The third kappa shape index (κ3) is 0.945. The summed E-state index contributed by atoms with van der Waals surface area (Å²) in [4.78, 5) is 11.9. The number of rotatable bonds is 2. The van der Waals surface area contributed by atoms with Crippen molar-refractivity contribution < 1.29 is 9.53 Å². The number of methoxy groups -OCH3 is 1. The molecule has 0 bridgehead atoms. The van der Waals surface area contributed by atoms with E-state index >= 15 is 0 Å². The molecular formula is C12H20O2. The normalized spacial score (nSPS) is 48.5. The van der Waals surface area contributed by atoms with Crippen molar-refractivity contribution >= 4 is 5.97 Å². The van der Waals surface area contributed by atoms with E-state index in [1.165, 1.54) is 7.11 Å². The summed E-state index contributed by atoms with van der Waals surface area (Å²) in [6.45, 7) is 8.85. The van der Waals surface area contributed by atoms with Gasteiger partial charge in [0, 0.05) is 0 Å². The van der Waals surface area contributed by atoms with E-state index in [2.05, 4.69) is 27.7 Å². The summed E-state index contributed by atoms with van der Waals surface area (Å²) in [6.07, 6.45) is 1.01. The maximum atomic E-state index is 11.9. The van der Waals surface area contributed by atoms with E-state index in [0.29, 0.717) is 17.8 Å². The molecule has 2 saturated carbocycles. The minimum atomic E-state index is -0.152. The first-order valence-electron chi connectivity index (χ1n) is 5.47. The zero-order valence-corrected chi connectivity index (χ0v) is 9.76. The van der Waals surface area contributed by atoms with Gasteiger partial charge >= 0.3 is 5.97 Å². The first-order chi connectivity index (χ1) is 6.38. The molecular weight excluding hydrogens is 176 g/mol. The monoisotopic (exact) mass is 196 g/mol. The summed E-state index contributed by atoms with van der Waals surface area (Å²) in [6, 6.07) is 0. The van der Waals surface area contributed by atoms with E-state index in [4.69, 9.17) is 4.74 Å². The lowest BCUT2D eigenvalue weighted by Crippen LogP contribution is -2.26. The fourth-order valence-electron chi connectivity index (χ4n) is 3.45. The van der Waals surface area contributed by atoms with Crippen molar-refractivity contribution in [1.82, 2.24) is 0 Å². The summed E-state index contributed by atoms with van der Waals surface area (Å²) in [5.74, 6) is 1.96. The highest BCUT2D eigenvalue weighted by molar-refractivity contribution is 5.82. The molecule has 2 aliphatic rings. The minimum Gasteiger partial charge on any atom is -0.469 e. The van der Waals surface area contributed by atoms with Crippen LogP contribution in [0.3, 0.4) is 0 Å². The van der Waals surface area contributed by atoms with Gasteiger partial charge in [-0.1, -0.05) is 27.7 Å². The topological polar surface area (TPSA) is 26.3 Å².